The number of halogens is 1. The highest BCUT2D eigenvalue weighted by molar-refractivity contribution is 14.1. The van der Waals surface area contributed by atoms with E-state index in [4.69, 9.17) is 14.2 Å². The molecule has 1 aliphatic heterocycles. The van der Waals surface area contributed by atoms with Gasteiger partial charge in [-0.25, -0.2) is 14.4 Å². The van der Waals surface area contributed by atoms with E-state index in [9.17, 15) is 14.4 Å². The predicted octanol–water partition coefficient (Wildman–Crippen LogP) is 3.35. The molecule has 174 valence electrons. The van der Waals surface area contributed by atoms with Crippen LogP contribution in [0.4, 0.5) is 9.59 Å². The van der Waals surface area contributed by atoms with Crippen molar-refractivity contribution in [3.63, 3.8) is 0 Å². The summed E-state index contributed by atoms with van der Waals surface area (Å²) in [4.78, 5) is 39.1. The van der Waals surface area contributed by atoms with Crippen LogP contribution in [0, 0.1) is 3.57 Å². The molecule has 1 aromatic rings. The summed E-state index contributed by atoms with van der Waals surface area (Å²) < 4.78 is 18.1. The van der Waals surface area contributed by atoms with Crippen molar-refractivity contribution in [3.8, 4) is 0 Å². The molecule has 0 spiro atoms. The number of amides is 2. The first-order valence-corrected chi connectivity index (χ1v) is 11.2. The second-order valence-electron chi connectivity index (χ2n) is 9.21. The molecule has 10 nitrogen and oxygen atoms in total. The minimum atomic E-state index is -0.680. The molecule has 1 aromatic heterocycles. The van der Waals surface area contributed by atoms with Gasteiger partial charge in [0, 0.05) is 13.1 Å². The summed E-state index contributed by atoms with van der Waals surface area (Å²) in [7, 11) is 0. The number of ether oxygens (including phenoxy) is 3. The summed E-state index contributed by atoms with van der Waals surface area (Å²) in [6.45, 7) is 12.9. The van der Waals surface area contributed by atoms with E-state index in [1.165, 1.54) is 9.58 Å². The molecule has 11 heteroatoms. The van der Waals surface area contributed by atoms with E-state index in [0.717, 1.165) is 0 Å². The zero-order chi connectivity index (χ0) is 23.6. The highest BCUT2D eigenvalue weighted by Gasteiger charge is 2.42. The lowest BCUT2D eigenvalue weighted by atomic mass is 10.1. The Bertz CT molecular complexity index is 827. The number of aromatic nitrogens is 2. The van der Waals surface area contributed by atoms with Crippen LogP contribution in [0.15, 0.2) is 6.20 Å². The fraction of sp³-hybridized carbons (Fsp3) is 0.700. The highest BCUT2D eigenvalue weighted by Crippen LogP contribution is 2.27. The molecular formula is C20H31IN4O6. The molecule has 1 fully saturated rings. The highest BCUT2D eigenvalue weighted by atomic mass is 127. The summed E-state index contributed by atoms with van der Waals surface area (Å²) in [6, 6.07) is -1.06. The number of hydrogen-bond donors (Lipinski definition) is 1. The zero-order valence-corrected chi connectivity index (χ0v) is 21.2. The molecule has 2 rings (SSSR count). The first-order chi connectivity index (χ1) is 14.2. The quantitative estimate of drug-likeness (QED) is 0.348. The van der Waals surface area contributed by atoms with Crippen LogP contribution in [0.3, 0.4) is 0 Å². The van der Waals surface area contributed by atoms with E-state index in [-0.39, 0.29) is 25.4 Å². The molecule has 31 heavy (non-hydrogen) atoms. The van der Waals surface area contributed by atoms with E-state index >= 15 is 0 Å². The number of hydrogen-bond acceptors (Lipinski definition) is 7. The number of carbonyl (C=O) groups is 3. The number of nitrogens with one attached hydrogen (secondary N) is 1. The lowest BCUT2D eigenvalue weighted by Crippen LogP contribution is -2.44. The Morgan fingerprint density at radius 3 is 2.29 bits per heavy atom. The molecule has 0 aliphatic carbocycles. The molecule has 2 amide bonds. The third-order valence-corrected chi connectivity index (χ3v) is 4.97. The number of carbonyl (C=O) groups excluding carboxylic acids is 3. The average molecular weight is 550 g/mol. The zero-order valence-electron chi connectivity index (χ0n) is 19.0. The minimum absolute atomic E-state index is 0.178. The molecule has 1 N–H and O–H groups in total. The Hall–Kier alpha value is -2.05. The Kier molecular flexibility index (Phi) is 7.82. The van der Waals surface area contributed by atoms with Crippen molar-refractivity contribution in [2.45, 2.75) is 71.8 Å². The summed E-state index contributed by atoms with van der Waals surface area (Å²) in [5.74, 6) is -0.517. The minimum Gasteiger partial charge on any atom is -0.461 e. The molecule has 0 bridgehead atoms. The van der Waals surface area contributed by atoms with E-state index in [0.29, 0.717) is 3.57 Å². The van der Waals surface area contributed by atoms with Crippen molar-refractivity contribution < 1.29 is 28.6 Å². The third-order valence-electron chi connectivity index (χ3n) is 4.18. The maximum atomic E-state index is 12.7. The van der Waals surface area contributed by atoms with Crippen molar-refractivity contribution in [1.82, 2.24) is 20.0 Å². The first kappa shape index (κ1) is 25.2. The van der Waals surface area contributed by atoms with E-state index < -0.39 is 41.4 Å². The molecule has 0 radical (unpaired) electrons. The molecule has 1 aliphatic rings. The van der Waals surface area contributed by atoms with Crippen LogP contribution in [0.1, 0.15) is 65.0 Å². The molecule has 2 heterocycles. The van der Waals surface area contributed by atoms with Gasteiger partial charge in [-0.3, -0.25) is 4.68 Å². The number of rotatable bonds is 4. The van der Waals surface area contributed by atoms with E-state index in [2.05, 4.69) is 10.4 Å². The Morgan fingerprint density at radius 1 is 1.13 bits per heavy atom. The molecule has 1 saturated heterocycles. The largest absolute Gasteiger partial charge is 0.461 e. The molecule has 0 aromatic carbocycles. The van der Waals surface area contributed by atoms with E-state index in [1.54, 1.807) is 54.7 Å². The van der Waals surface area contributed by atoms with Gasteiger partial charge in [0.25, 0.3) is 0 Å². The maximum Gasteiger partial charge on any atom is 0.410 e. The van der Waals surface area contributed by atoms with Gasteiger partial charge in [0.15, 0.2) is 5.69 Å². The van der Waals surface area contributed by atoms with Crippen molar-refractivity contribution >= 4 is 40.7 Å². The number of nitrogens with zero attached hydrogens (tertiary/aromatic N) is 3. The smallest absolute Gasteiger partial charge is 0.410 e. The monoisotopic (exact) mass is 550 g/mol. The van der Waals surface area contributed by atoms with Crippen LogP contribution in [0.5, 0.6) is 0 Å². The number of likely N-dealkylation sites (tertiary alicyclic amines) is 1. The van der Waals surface area contributed by atoms with Crippen LogP contribution >= 0.6 is 22.6 Å². The average Bonchev–Trinajstić information content (AvgIpc) is 3.15. The second kappa shape index (κ2) is 9.61. The van der Waals surface area contributed by atoms with Gasteiger partial charge in [-0.2, -0.15) is 5.10 Å². The Morgan fingerprint density at radius 2 is 1.74 bits per heavy atom. The van der Waals surface area contributed by atoms with Crippen molar-refractivity contribution in [3.05, 3.63) is 15.5 Å². The third kappa shape index (κ3) is 6.97. The van der Waals surface area contributed by atoms with Gasteiger partial charge in [0.2, 0.25) is 0 Å². The van der Waals surface area contributed by atoms with Gasteiger partial charge < -0.3 is 24.4 Å². The summed E-state index contributed by atoms with van der Waals surface area (Å²) in [5.41, 5.74) is -1.07. The van der Waals surface area contributed by atoms with E-state index in [1.807, 2.05) is 22.6 Å². The standard InChI is InChI=1S/C20H31IN4O6/c1-8-29-16(26)15-12(21)9-22-25(15)14-11-24(18(28)31-20(5,6)7)10-13(14)23-17(27)30-19(2,3)4/h9,13-14H,8,10-11H2,1-7H3,(H,23,27)/t13-,14-/m0/s1. The Labute approximate surface area is 196 Å². The second-order valence-corrected chi connectivity index (χ2v) is 10.4. The molecule has 2 atom stereocenters. The van der Waals surface area contributed by atoms with Crippen LogP contribution in [0.25, 0.3) is 0 Å². The van der Waals surface area contributed by atoms with Crippen LogP contribution < -0.4 is 5.32 Å². The summed E-state index contributed by atoms with van der Waals surface area (Å²) >= 11 is 2.01. The SMILES string of the molecule is CCOC(=O)c1c(I)cnn1[C@H]1CN(C(=O)OC(C)(C)C)C[C@@H]1NC(=O)OC(C)(C)C. The van der Waals surface area contributed by atoms with Crippen molar-refractivity contribution in [1.29, 1.82) is 0 Å². The number of esters is 1. The molecular weight excluding hydrogens is 519 g/mol. The van der Waals surface area contributed by atoms with Gasteiger partial charge in [-0.05, 0) is 71.1 Å². The van der Waals surface area contributed by atoms with Gasteiger partial charge >= 0.3 is 18.2 Å². The summed E-state index contributed by atoms with van der Waals surface area (Å²) in [6.07, 6.45) is 0.423. The number of alkyl carbamates (subject to hydrolysis) is 1. The topological polar surface area (TPSA) is 112 Å². The summed E-state index contributed by atoms with van der Waals surface area (Å²) in [5, 5.41) is 7.15. The Balaban J connectivity index is 2.33. The molecule has 0 saturated carbocycles. The lowest BCUT2D eigenvalue weighted by Gasteiger charge is -2.25. The lowest BCUT2D eigenvalue weighted by molar-refractivity contribution is 0.0279. The van der Waals surface area contributed by atoms with Crippen LogP contribution in [-0.4, -0.2) is 69.8 Å². The van der Waals surface area contributed by atoms with Crippen LogP contribution in [0.2, 0.25) is 0 Å². The van der Waals surface area contributed by atoms with Crippen molar-refractivity contribution in [2.75, 3.05) is 19.7 Å². The fourth-order valence-electron chi connectivity index (χ4n) is 3.09. The van der Waals surface area contributed by atoms with Crippen LogP contribution in [-0.2, 0) is 14.2 Å². The maximum absolute atomic E-state index is 12.7. The van der Waals surface area contributed by atoms with Gasteiger partial charge in [-0.1, -0.05) is 0 Å². The van der Waals surface area contributed by atoms with Crippen molar-refractivity contribution in [2.24, 2.45) is 0 Å². The predicted molar refractivity (Wildman–Crippen MR) is 121 cm³/mol. The first-order valence-electron chi connectivity index (χ1n) is 10.1. The van der Waals surface area contributed by atoms with Gasteiger partial charge in [0.1, 0.15) is 11.2 Å². The fourth-order valence-corrected chi connectivity index (χ4v) is 3.69. The van der Waals surface area contributed by atoms with Gasteiger partial charge in [-0.15, -0.1) is 0 Å². The normalized spacial score (nSPS) is 19.2. The van der Waals surface area contributed by atoms with Gasteiger partial charge in [0.05, 0.1) is 28.5 Å². The molecule has 0 unspecified atom stereocenters.